The zero-order valence-corrected chi connectivity index (χ0v) is 12.7. The predicted octanol–water partition coefficient (Wildman–Crippen LogP) is 0.545. The Morgan fingerprint density at radius 1 is 1.00 bits per heavy atom. The standard InChI is InChI=1S/C10H13BF3.K/c1-7-4-8(2)10(9(3)5-7)6-11(12,13)14;/h4-5H,6H2,1-3H3;/q-1;+1. The van der Waals surface area contributed by atoms with Crippen molar-refractivity contribution in [3.8, 4) is 0 Å². The second-order valence-corrected chi connectivity index (χ2v) is 3.79. The summed E-state index contributed by atoms with van der Waals surface area (Å²) in [5, 5.41) is 0. The predicted molar refractivity (Wildman–Crippen MR) is 53.4 cm³/mol. The van der Waals surface area contributed by atoms with Crippen LogP contribution >= 0.6 is 0 Å². The summed E-state index contributed by atoms with van der Waals surface area (Å²) in [5.41, 5.74) is 2.92. The van der Waals surface area contributed by atoms with Gasteiger partial charge in [-0.05, 0) is 20.8 Å². The van der Waals surface area contributed by atoms with E-state index in [9.17, 15) is 12.9 Å². The molecule has 0 aliphatic carbocycles. The van der Waals surface area contributed by atoms with Gasteiger partial charge in [-0.3, -0.25) is 0 Å². The third-order valence-corrected chi connectivity index (χ3v) is 2.28. The van der Waals surface area contributed by atoms with Crippen LogP contribution in [0.25, 0.3) is 0 Å². The first-order valence-electron chi connectivity index (χ1n) is 4.57. The molecular formula is C10H13BF3K. The maximum atomic E-state index is 12.3. The Morgan fingerprint density at radius 3 is 1.73 bits per heavy atom. The molecule has 0 aromatic heterocycles. The number of rotatable bonds is 2. The summed E-state index contributed by atoms with van der Waals surface area (Å²) in [6, 6.07) is 3.59. The molecule has 78 valence electrons. The van der Waals surface area contributed by atoms with Crippen LogP contribution in [0.4, 0.5) is 12.9 Å². The van der Waals surface area contributed by atoms with Gasteiger partial charge in [0, 0.05) is 0 Å². The number of halogens is 3. The maximum Gasteiger partial charge on any atom is 1.00 e. The van der Waals surface area contributed by atoms with E-state index in [4.69, 9.17) is 0 Å². The molecule has 0 aliphatic rings. The van der Waals surface area contributed by atoms with Gasteiger partial charge >= 0.3 is 58.4 Å². The van der Waals surface area contributed by atoms with Crippen LogP contribution in [-0.4, -0.2) is 6.98 Å². The van der Waals surface area contributed by atoms with Crippen LogP contribution < -0.4 is 51.4 Å². The maximum absolute atomic E-state index is 12.3. The molecule has 0 atom stereocenters. The van der Waals surface area contributed by atoms with E-state index in [1.54, 1.807) is 26.0 Å². The minimum absolute atomic E-state index is 0. The minimum Gasteiger partial charge on any atom is -0.449 e. The first-order chi connectivity index (χ1) is 6.29. The van der Waals surface area contributed by atoms with Gasteiger partial charge < -0.3 is 12.9 Å². The molecule has 0 unspecified atom stereocenters. The van der Waals surface area contributed by atoms with Crippen molar-refractivity contribution in [1.29, 1.82) is 0 Å². The zero-order valence-electron chi connectivity index (χ0n) is 9.57. The Bertz CT molecular complexity index is 324. The summed E-state index contributed by atoms with van der Waals surface area (Å²) in [6.45, 7) is 0.627. The molecule has 1 rings (SSSR count). The van der Waals surface area contributed by atoms with Crippen LogP contribution in [0.1, 0.15) is 22.3 Å². The van der Waals surface area contributed by atoms with Gasteiger partial charge in [0.15, 0.2) is 0 Å². The van der Waals surface area contributed by atoms with Crippen molar-refractivity contribution in [3.63, 3.8) is 0 Å². The fourth-order valence-electron chi connectivity index (χ4n) is 1.76. The normalized spacial score (nSPS) is 11.1. The molecule has 0 fully saturated rings. The quantitative estimate of drug-likeness (QED) is 0.662. The van der Waals surface area contributed by atoms with Crippen LogP contribution in [0.5, 0.6) is 0 Å². The molecule has 0 saturated heterocycles. The molecule has 0 spiro atoms. The molecule has 0 radical (unpaired) electrons. The van der Waals surface area contributed by atoms with E-state index in [1.165, 1.54) is 0 Å². The van der Waals surface area contributed by atoms with E-state index in [0.717, 1.165) is 16.7 Å². The average molecular weight is 240 g/mol. The van der Waals surface area contributed by atoms with E-state index in [2.05, 4.69) is 0 Å². The van der Waals surface area contributed by atoms with Gasteiger partial charge in [-0.2, -0.15) is 0 Å². The topological polar surface area (TPSA) is 0 Å². The van der Waals surface area contributed by atoms with E-state index < -0.39 is 13.3 Å². The van der Waals surface area contributed by atoms with Crippen molar-refractivity contribution in [2.45, 2.75) is 27.1 Å². The molecule has 5 heteroatoms. The number of benzene rings is 1. The van der Waals surface area contributed by atoms with Crippen molar-refractivity contribution < 1.29 is 64.3 Å². The van der Waals surface area contributed by atoms with Crippen molar-refractivity contribution in [3.05, 3.63) is 34.4 Å². The summed E-state index contributed by atoms with van der Waals surface area (Å²) < 4.78 is 36.8. The molecule has 0 amide bonds. The molecule has 0 aliphatic heterocycles. The van der Waals surface area contributed by atoms with Gasteiger partial charge in [0.2, 0.25) is 0 Å². The van der Waals surface area contributed by atoms with Crippen molar-refractivity contribution >= 4 is 6.98 Å². The van der Waals surface area contributed by atoms with Crippen molar-refractivity contribution in [2.24, 2.45) is 0 Å². The van der Waals surface area contributed by atoms with E-state index in [-0.39, 0.29) is 51.4 Å². The van der Waals surface area contributed by atoms with E-state index in [1.807, 2.05) is 6.92 Å². The SMILES string of the molecule is Cc1cc(C)c(C[B-](F)(F)F)c(C)c1.[K+]. The first kappa shape index (κ1) is 15.7. The Morgan fingerprint density at radius 2 is 1.40 bits per heavy atom. The Balaban J connectivity index is 0.00000196. The van der Waals surface area contributed by atoms with Gasteiger partial charge in [-0.25, -0.2) is 0 Å². The molecule has 0 nitrogen and oxygen atoms in total. The van der Waals surface area contributed by atoms with Gasteiger partial charge in [0.1, 0.15) is 0 Å². The minimum atomic E-state index is -4.73. The molecule has 1 aromatic carbocycles. The summed E-state index contributed by atoms with van der Waals surface area (Å²) >= 11 is 0. The van der Waals surface area contributed by atoms with Crippen LogP contribution in [-0.2, 0) is 6.32 Å². The largest absolute Gasteiger partial charge is 1.00 e. The smallest absolute Gasteiger partial charge is 0.449 e. The van der Waals surface area contributed by atoms with Crippen LogP contribution in [0.3, 0.4) is 0 Å². The van der Waals surface area contributed by atoms with Gasteiger partial charge in [-0.15, -0.1) is 0 Å². The number of aryl methyl sites for hydroxylation is 3. The second-order valence-electron chi connectivity index (χ2n) is 3.79. The summed E-state index contributed by atoms with van der Waals surface area (Å²) in [4.78, 5) is 0. The molecule has 0 saturated carbocycles. The molecule has 1 aromatic rings. The Hall–Kier alpha value is 0.711. The molecule has 0 heterocycles. The summed E-state index contributed by atoms with van der Waals surface area (Å²) in [7, 11) is 0. The summed E-state index contributed by atoms with van der Waals surface area (Å²) in [5.74, 6) is 0. The third-order valence-electron chi connectivity index (χ3n) is 2.28. The molecule has 15 heavy (non-hydrogen) atoms. The fourth-order valence-corrected chi connectivity index (χ4v) is 1.76. The third kappa shape index (κ3) is 5.04. The van der Waals surface area contributed by atoms with Crippen molar-refractivity contribution in [1.82, 2.24) is 0 Å². The van der Waals surface area contributed by atoms with Gasteiger partial charge in [-0.1, -0.05) is 40.7 Å². The second kappa shape index (κ2) is 5.87. The van der Waals surface area contributed by atoms with Gasteiger partial charge in [0.05, 0.1) is 0 Å². The summed E-state index contributed by atoms with van der Waals surface area (Å²) in [6.07, 6.45) is -0.766. The zero-order chi connectivity index (χ0) is 10.9. The number of hydrogen-bond donors (Lipinski definition) is 0. The monoisotopic (exact) mass is 240 g/mol. The van der Waals surface area contributed by atoms with Crippen LogP contribution in [0.2, 0.25) is 0 Å². The molecular weight excluding hydrogens is 227 g/mol. The Kier molecular flexibility index (Phi) is 6.15. The molecule has 0 N–H and O–H groups in total. The first-order valence-corrected chi connectivity index (χ1v) is 4.57. The van der Waals surface area contributed by atoms with Crippen LogP contribution in [0, 0.1) is 20.8 Å². The van der Waals surface area contributed by atoms with Crippen molar-refractivity contribution in [2.75, 3.05) is 0 Å². The average Bonchev–Trinajstić information content (AvgIpc) is 1.95. The fraction of sp³-hybridized carbons (Fsp3) is 0.400. The Labute approximate surface area is 131 Å². The number of hydrogen-bond acceptors (Lipinski definition) is 0. The van der Waals surface area contributed by atoms with Gasteiger partial charge in [0.25, 0.3) is 0 Å². The van der Waals surface area contributed by atoms with E-state index in [0.29, 0.717) is 5.56 Å². The van der Waals surface area contributed by atoms with E-state index >= 15 is 0 Å². The molecule has 0 bridgehead atoms. The van der Waals surface area contributed by atoms with Crippen LogP contribution in [0.15, 0.2) is 12.1 Å².